The number of carbonyl (C=O) groups excluding carboxylic acids is 2. The molecule has 0 unspecified atom stereocenters. The molecular weight excluding hydrogens is 372 g/mol. The Morgan fingerprint density at radius 1 is 1.14 bits per heavy atom. The van der Waals surface area contributed by atoms with Gasteiger partial charge in [-0.05, 0) is 42.8 Å². The van der Waals surface area contributed by atoms with E-state index < -0.39 is 0 Å². The Hall–Kier alpha value is -3.86. The van der Waals surface area contributed by atoms with Gasteiger partial charge in [-0.2, -0.15) is 5.26 Å². The molecule has 0 aliphatic carbocycles. The van der Waals surface area contributed by atoms with Crippen molar-refractivity contribution in [1.82, 2.24) is 15.0 Å². The van der Waals surface area contributed by atoms with Gasteiger partial charge in [0.15, 0.2) is 0 Å². The van der Waals surface area contributed by atoms with Gasteiger partial charge in [0.2, 0.25) is 0 Å². The smallest absolute Gasteiger partial charge is 0.274 e. The first-order valence-electron chi connectivity index (χ1n) is 8.97. The molecule has 8 nitrogen and oxygen atoms in total. The molecule has 8 heteroatoms. The number of ether oxygens (including phenoxy) is 2. The minimum atomic E-state index is -0.333. The van der Waals surface area contributed by atoms with E-state index in [1.807, 2.05) is 6.07 Å². The molecule has 1 aliphatic heterocycles. The predicted molar refractivity (Wildman–Crippen MR) is 105 cm³/mol. The topological polar surface area (TPSA) is 95.8 Å². The van der Waals surface area contributed by atoms with Gasteiger partial charge in [-0.1, -0.05) is 0 Å². The summed E-state index contributed by atoms with van der Waals surface area (Å²) in [7, 11) is 3.11. The first-order valence-corrected chi connectivity index (χ1v) is 8.97. The second kappa shape index (κ2) is 8.89. The summed E-state index contributed by atoms with van der Waals surface area (Å²) in [4.78, 5) is 29.4. The second-order valence-corrected chi connectivity index (χ2v) is 6.23. The molecule has 1 saturated heterocycles. The van der Waals surface area contributed by atoms with Crippen molar-refractivity contribution in [2.75, 3.05) is 27.3 Å². The molecule has 1 fully saturated rings. The molecule has 2 heterocycles. The fourth-order valence-corrected chi connectivity index (χ4v) is 3.00. The van der Waals surface area contributed by atoms with E-state index >= 15 is 0 Å². The fourth-order valence-electron chi connectivity index (χ4n) is 3.00. The van der Waals surface area contributed by atoms with E-state index in [0.29, 0.717) is 42.1 Å². The molecule has 0 radical (unpaired) electrons. The van der Waals surface area contributed by atoms with Gasteiger partial charge >= 0.3 is 0 Å². The van der Waals surface area contributed by atoms with Crippen LogP contribution in [0.5, 0.6) is 11.5 Å². The SMILES string of the molecule is COc1ccc(OC)c(/C=C/C(=O)N2CCCN2C(=O)c2ccc(C#N)nc2)c1. The average molecular weight is 392 g/mol. The zero-order chi connectivity index (χ0) is 20.8. The van der Waals surface area contributed by atoms with Crippen LogP contribution >= 0.6 is 0 Å². The Morgan fingerprint density at radius 2 is 1.93 bits per heavy atom. The first kappa shape index (κ1) is 19.9. The zero-order valence-electron chi connectivity index (χ0n) is 16.2. The summed E-state index contributed by atoms with van der Waals surface area (Å²) in [5.74, 6) is 0.597. The lowest BCUT2D eigenvalue weighted by Gasteiger charge is -2.26. The Morgan fingerprint density at radius 3 is 2.59 bits per heavy atom. The van der Waals surface area contributed by atoms with Gasteiger partial charge in [0, 0.05) is 30.9 Å². The molecule has 0 saturated carbocycles. The van der Waals surface area contributed by atoms with Crippen molar-refractivity contribution >= 4 is 17.9 Å². The summed E-state index contributed by atoms with van der Waals surface area (Å²) in [5, 5.41) is 11.6. The molecule has 0 spiro atoms. The quantitative estimate of drug-likeness (QED) is 0.725. The van der Waals surface area contributed by atoms with Crippen molar-refractivity contribution in [3.63, 3.8) is 0 Å². The molecule has 148 valence electrons. The highest BCUT2D eigenvalue weighted by molar-refractivity contribution is 5.98. The zero-order valence-corrected chi connectivity index (χ0v) is 16.2. The van der Waals surface area contributed by atoms with E-state index in [2.05, 4.69) is 4.98 Å². The number of rotatable bonds is 5. The largest absolute Gasteiger partial charge is 0.497 e. The van der Waals surface area contributed by atoms with E-state index in [0.717, 1.165) is 0 Å². The van der Waals surface area contributed by atoms with Gasteiger partial charge in [-0.25, -0.2) is 15.0 Å². The van der Waals surface area contributed by atoms with Crippen molar-refractivity contribution in [2.45, 2.75) is 6.42 Å². The van der Waals surface area contributed by atoms with Crippen LogP contribution in [0, 0.1) is 11.3 Å². The molecule has 2 aromatic rings. The third kappa shape index (κ3) is 4.35. The number of methoxy groups -OCH3 is 2. The number of aromatic nitrogens is 1. The summed E-state index contributed by atoms with van der Waals surface area (Å²) in [6.45, 7) is 0.870. The third-order valence-corrected chi connectivity index (χ3v) is 4.49. The number of amides is 2. The lowest BCUT2D eigenvalue weighted by molar-refractivity contribution is -0.134. The maximum absolute atomic E-state index is 12.8. The van der Waals surface area contributed by atoms with Crippen LogP contribution < -0.4 is 9.47 Å². The Kier molecular flexibility index (Phi) is 6.09. The minimum absolute atomic E-state index is 0.228. The molecule has 0 N–H and O–H groups in total. The van der Waals surface area contributed by atoms with Crippen molar-refractivity contribution in [3.8, 4) is 17.6 Å². The van der Waals surface area contributed by atoms with E-state index in [4.69, 9.17) is 14.7 Å². The highest BCUT2D eigenvalue weighted by Crippen LogP contribution is 2.25. The van der Waals surface area contributed by atoms with Crippen molar-refractivity contribution in [1.29, 1.82) is 5.26 Å². The van der Waals surface area contributed by atoms with Crippen LogP contribution in [0.3, 0.4) is 0 Å². The Balaban J connectivity index is 1.77. The fraction of sp³-hybridized carbons (Fsp3) is 0.238. The summed E-state index contributed by atoms with van der Waals surface area (Å²) >= 11 is 0. The highest BCUT2D eigenvalue weighted by Gasteiger charge is 2.30. The van der Waals surface area contributed by atoms with E-state index in [9.17, 15) is 9.59 Å². The number of nitrogens with zero attached hydrogens (tertiary/aromatic N) is 4. The summed E-state index contributed by atoms with van der Waals surface area (Å²) < 4.78 is 10.5. The molecule has 0 atom stereocenters. The van der Waals surface area contributed by atoms with Crippen LogP contribution in [0.25, 0.3) is 6.08 Å². The van der Waals surface area contributed by atoms with Crippen LogP contribution in [0.4, 0.5) is 0 Å². The summed E-state index contributed by atoms with van der Waals surface area (Å²) in [6, 6.07) is 10.2. The molecular formula is C21H20N4O4. The third-order valence-electron chi connectivity index (χ3n) is 4.49. The van der Waals surface area contributed by atoms with E-state index in [-0.39, 0.29) is 17.5 Å². The van der Waals surface area contributed by atoms with Crippen LogP contribution in [0.2, 0.25) is 0 Å². The number of hydrazine groups is 1. The molecule has 1 aromatic heterocycles. The second-order valence-electron chi connectivity index (χ2n) is 6.23. The van der Waals surface area contributed by atoms with Gasteiger partial charge in [-0.3, -0.25) is 9.59 Å². The Labute approximate surface area is 168 Å². The number of hydrogen-bond acceptors (Lipinski definition) is 6. The van der Waals surface area contributed by atoms with Gasteiger partial charge in [0.25, 0.3) is 11.8 Å². The lowest BCUT2D eigenvalue weighted by atomic mass is 10.1. The molecule has 2 amide bonds. The number of pyridine rings is 1. The maximum Gasteiger partial charge on any atom is 0.274 e. The standard InChI is InChI=1S/C21H20N4O4/c1-28-18-7-8-19(29-2)15(12-18)5-9-20(26)24-10-3-11-25(24)21(27)16-4-6-17(13-22)23-14-16/h4-9,12,14H,3,10-11H2,1-2H3/b9-5+. The van der Waals surface area contributed by atoms with Crippen LogP contribution in [0.1, 0.15) is 28.0 Å². The number of benzene rings is 1. The lowest BCUT2D eigenvalue weighted by Crippen LogP contribution is -2.44. The molecule has 1 aromatic carbocycles. The average Bonchev–Trinajstić information content (AvgIpc) is 3.26. The van der Waals surface area contributed by atoms with Crippen molar-refractivity contribution in [3.05, 3.63) is 59.4 Å². The van der Waals surface area contributed by atoms with Crippen LogP contribution in [0.15, 0.2) is 42.6 Å². The van der Waals surface area contributed by atoms with Crippen molar-refractivity contribution < 1.29 is 19.1 Å². The van der Waals surface area contributed by atoms with Gasteiger partial charge in [-0.15, -0.1) is 0 Å². The normalized spacial score (nSPS) is 13.4. The van der Waals surface area contributed by atoms with Gasteiger partial charge in [0.05, 0.1) is 19.8 Å². The van der Waals surface area contributed by atoms with E-state index in [1.54, 1.807) is 38.5 Å². The minimum Gasteiger partial charge on any atom is -0.497 e. The molecule has 29 heavy (non-hydrogen) atoms. The number of hydrogen-bond donors (Lipinski definition) is 0. The van der Waals surface area contributed by atoms with Gasteiger partial charge < -0.3 is 9.47 Å². The monoisotopic (exact) mass is 392 g/mol. The maximum atomic E-state index is 12.8. The summed E-state index contributed by atoms with van der Waals surface area (Å²) in [5.41, 5.74) is 1.24. The number of carbonyl (C=O) groups is 2. The van der Waals surface area contributed by atoms with Crippen LogP contribution in [-0.2, 0) is 4.79 Å². The van der Waals surface area contributed by atoms with Gasteiger partial charge in [0.1, 0.15) is 23.3 Å². The molecule has 1 aliphatic rings. The molecule has 0 bridgehead atoms. The van der Waals surface area contributed by atoms with E-state index in [1.165, 1.54) is 34.4 Å². The predicted octanol–water partition coefficient (Wildman–Crippen LogP) is 2.27. The molecule has 3 rings (SSSR count). The Bertz CT molecular complexity index is 979. The first-order chi connectivity index (χ1) is 14.1. The van der Waals surface area contributed by atoms with Crippen LogP contribution in [-0.4, -0.2) is 54.1 Å². The highest BCUT2D eigenvalue weighted by atomic mass is 16.5. The summed E-state index contributed by atoms with van der Waals surface area (Å²) in [6.07, 6.45) is 5.06. The number of nitriles is 1. The van der Waals surface area contributed by atoms with Crippen molar-refractivity contribution in [2.24, 2.45) is 0 Å².